The largest absolute Gasteiger partial charge is 0.375 e. The highest BCUT2D eigenvalue weighted by Gasteiger charge is 2.01. The van der Waals surface area contributed by atoms with Crippen LogP contribution in [0.3, 0.4) is 0 Å². The normalized spacial score (nSPS) is 11.4. The second-order valence-electron chi connectivity index (χ2n) is 4.37. The maximum atomic E-state index is 6.04. The zero-order valence-electron chi connectivity index (χ0n) is 11.5. The van der Waals surface area contributed by atoms with Gasteiger partial charge in [0.25, 0.3) is 0 Å². The number of benzene rings is 1. The number of nitrogens with two attached hydrogens (primary N) is 1. The van der Waals surface area contributed by atoms with Crippen LogP contribution in [0, 0.1) is 0 Å². The fourth-order valence-electron chi connectivity index (χ4n) is 1.35. The van der Waals surface area contributed by atoms with Crippen LogP contribution < -0.4 is 11.1 Å². The second kappa shape index (κ2) is 8.84. The van der Waals surface area contributed by atoms with E-state index in [1.54, 1.807) is 12.1 Å². The molecule has 0 amide bonds. The van der Waals surface area contributed by atoms with E-state index in [0.717, 1.165) is 11.1 Å². The minimum absolute atomic E-state index is 0.390. The Morgan fingerprint density at radius 3 is 2.85 bits per heavy atom. The summed E-state index contributed by atoms with van der Waals surface area (Å²) >= 11 is 11.9. The van der Waals surface area contributed by atoms with Crippen molar-refractivity contribution < 1.29 is 4.74 Å². The summed E-state index contributed by atoms with van der Waals surface area (Å²) in [4.78, 5) is 4.10. The Bertz CT molecular complexity index is 489. The summed E-state index contributed by atoms with van der Waals surface area (Å²) in [5, 5.41) is 4.17. The molecular formula is C14H19Cl2N3O. The molecule has 1 rings (SSSR count). The number of hydrogen-bond acceptors (Lipinski definition) is 2. The van der Waals surface area contributed by atoms with Gasteiger partial charge in [0.1, 0.15) is 0 Å². The molecule has 0 unspecified atom stereocenters. The second-order valence-corrected chi connectivity index (χ2v) is 5.22. The molecule has 0 atom stereocenters. The lowest BCUT2D eigenvalue weighted by Gasteiger charge is -2.08. The molecule has 0 saturated carbocycles. The van der Waals surface area contributed by atoms with Gasteiger partial charge in [0.15, 0.2) is 5.96 Å². The van der Waals surface area contributed by atoms with Gasteiger partial charge in [-0.15, -0.1) is 0 Å². The van der Waals surface area contributed by atoms with Crippen molar-refractivity contribution in [2.45, 2.75) is 13.5 Å². The zero-order chi connectivity index (χ0) is 15.0. The molecule has 0 saturated heterocycles. The van der Waals surface area contributed by atoms with E-state index in [0.29, 0.717) is 42.3 Å². The van der Waals surface area contributed by atoms with E-state index in [1.807, 2.05) is 13.0 Å². The van der Waals surface area contributed by atoms with Gasteiger partial charge in [0.05, 0.1) is 19.8 Å². The molecule has 0 aliphatic carbocycles. The van der Waals surface area contributed by atoms with Crippen molar-refractivity contribution in [3.05, 3.63) is 46.0 Å². The van der Waals surface area contributed by atoms with Crippen LogP contribution in [0.25, 0.3) is 0 Å². The average Bonchev–Trinajstić information content (AvgIpc) is 2.38. The van der Waals surface area contributed by atoms with Crippen LogP contribution in [-0.2, 0) is 11.3 Å². The molecule has 0 aromatic heterocycles. The molecule has 1 aromatic rings. The van der Waals surface area contributed by atoms with E-state index in [-0.39, 0.29) is 0 Å². The highest BCUT2D eigenvalue weighted by atomic mass is 35.5. The summed E-state index contributed by atoms with van der Waals surface area (Å²) < 4.78 is 5.50. The first-order valence-electron chi connectivity index (χ1n) is 6.19. The first-order valence-corrected chi connectivity index (χ1v) is 6.94. The predicted molar refractivity (Wildman–Crippen MR) is 85.4 cm³/mol. The molecule has 4 nitrogen and oxygen atoms in total. The summed E-state index contributed by atoms with van der Waals surface area (Å²) in [7, 11) is 0. The minimum Gasteiger partial charge on any atom is -0.375 e. The molecule has 0 aliphatic heterocycles. The molecule has 0 radical (unpaired) electrons. The van der Waals surface area contributed by atoms with Gasteiger partial charge >= 0.3 is 0 Å². The highest BCUT2D eigenvalue weighted by molar-refractivity contribution is 6.35. The lowest BCUT2D eigenvalue weighted by molar-refractivity contribution is 0.125. The van der Waals surface area contributed by atoms with Crippen LogP contribution in [-0.4, -0.2) is 25.7 Å². The lowest BCUT2D eigenvalue weighted by Crippen LogP contribution is -2.34. The molecule has 0 bridgehead atoms. The molecule has 0 spiro atoms. The smallest absolute Gasteiger partial charge is 0.188 e. The molecule has 3 N–H and O–H groups in total. The molecular weight excluding hydrogens is 297 g/mol. The van der Waals surface area contributed by atoms with E-state index in [2.05, 4.69) is 16.9 Å². The quantitative estimate of drug-likeness (QED) is 0.352. The number of rotatable bonds is 7. The van der Waals surface area contributed by atoms with Crippen molar-refractivity contribution in [1.29, 1.82) is 0 Å². The predicted octanol–water partition coefficient (Wildman–Crippen LogP) is 2.99. The van der Waals surface area contributed by atoms with Crippen molar-refractivity contribution in [3.63, 3.8) is 0 Å². The Balaban J connectivity index is 2.22. The zero-order valence-corrected chi connectivity index (χ0v) is 13.0. The van der Waals surface area contributed by atoms with Crippen molar-refractivity contribution in [1.82, 2.24) is 5.32 Å². The average molecular weight is 316 g/mol. The van der Waals surface area contributed by atoms with E-state index in [9.17, 15) is 0 Å². The van der Waals surface area contributed by atoms with Crippen LogP contribution in [0.1, 0.15) is 12.5 Å². The van der Waals surface area contributed by atoms with Crippen molar-refractivity contribution in [3.8, 4) is 0 Å². The third-order valence-electron chi connectivity index (χ3n) is 2.34. The van der Waals surface area contributed by atoms with Gasteiger partial charge in [-0.25, -0.2) is 4.99 Å². The van der Waals surface area contributed by atoms with Gasteiger partial charge in [0.2, 0.25) is 0 Å². The molecule has 110 valence electrons. The number of hydrogen-bond donors (Lipinski definition) is 2. The van der Waals surface area contributed by atoms with Crippen LogP contribution in [0.5, 0.6) is 0 Å². The van der Waals surface area contributed by atoms with Gasteiger partial charge in [-0.3, -0.25) is 0 Å². The number of ether oxygens (including phenoxy) is 1. The first kappa shape index (κ1) is 16.8. The van der Waals surface area contributed by atoms with Gasteiger partial charge < -0.3 is 15.8 Å². The van der Waals surface area contributed by atoms with E-state index >= 15 is 0 Å². The fraction of sp³-hybridized carbons (Fsp3) is 0.357. The Hall–Kier alpha value is -1.23. The highest BCUT2D eigenvalue weighted by Crippen LogP contribution is 2.21. The minimum atomic E-state index is 0.390. The summed E-state index contributed by atoms with van der Waals surface area (Å²) in [5.41, 5.74) is 7.53. The number of nitrogens with one attached hydrogen (secondary N) is 1. The number of nitrogens with zero attached hydrogens (tertiary/aromatic N) is 1. The van der Waals surface area contributed by atoms with Gasteiger partial charge in [0, 0.05) is 16.6 Å². The Kier molecular flexibility index (Phi) is 7.44. The van der Waals surface area contributed by atoms with Crippen molar-refractivity contribution >= 4 is 29.2 Å². The third kappa shape index (κ3) is 6.80. The Morgan fingerprint density at radius 2 is 2.20 bits per heavy atom. The summed E-state index contributed by atoms with van der Waals surface area (Å²) in [6, 6.07) is 5.33. The molecule has 0 aliphatic rings. The van der Waals surface area contributed by atoms with Crippen LogP contribution in [0.4, 0.5) is 0 Å². The van der Waals surface area contributed by atoms with E-state index in [4.69, 9.17) is 33.7 Å². The Labute approximate surface area is 129 Å². The molecule has 20 heavy (non-hydrogen) atoms. The summed E-state index contributed by atoms with van der Waals surface area (Å²) in [5.74, 6) is 0.390. The van der Waals surface area contributed by atoms with Gasteiger partial charge in [-0.2, -0.15) is 0 Å². The van der Waals surface area contributed by atoms with Crippen LogP contribution >= 0.6 is 23.2 Å². The molecule has 1 aromatic carbocycles. The maximum Gasteiger partial charge on any atom is 0.188 e. The maximum absolute atomic E-state index is 6.04. The fourth-order valence-corrected chi connectivity index (χ4v) is 1.81. The first-order chi connectivity index (χ1) is 9.49. The van der Waals surface area contributed by atoms with Crippen LogP contribution in [0.2, 0.25) is 10.0 Å². The van der Waals surface area contributed by atoms with Crippen molar-refractivity contribution in [2.75, 3.05) is 19.7 Å². The van der Waals surface area contributed by atoms with E-state index in [1.165, 1.54) is 0 Å². The lowest BCUT2D eigenvalue weighted by atomic mass is 10.2. The topological polar surface area (TPSA) is 59.6 Å². The van der Waals surface area contributed by atoms with Gasteiger partial charge in [-0.1, -0.05) is 41.4 Å². The molecule has 0 heterocycles. The van der Waals surface area contributed by atoms with Gasteiger partial charge in [-0.05, 0) is 24.6 Å². The van der Waals surface area contributed by atoms with E-state index < -0.39 is 0 Å². The van der Waals surface area contributed by atoms with Crippen molar-refractivity contribution in [2.24, 2.45) is 10.7 Å². The number of halogens is 2. The van der Waals surface area contributed by atoms with Crippen LogP contribution in [0.15, 0.2) is 35.3 Å². The monoisotopic (exact) mass is 315 g/mol. The third-order valence-corrected chi connectivity index (χ3v) is 2.93. The molecule has 6 heteroatoms. The summed E-state index contributed by atoms with van der Waals surface area (Å²) in [6.07, 6.45) is 0. The number of aliphatic imine (C=N–C) groups is 1. The standard InChI is InChI=1S/C14H19Cl2N3O/c1-10(2)8-19-14(17)18-5-6-20-9-11-3-4-12(15)7-13(11)16/h3-4,7H,1,5-6,8-9H2,2H3,(H3,17,18,19). The SMILES string of the molecule is C=C(C)CN=C(N)NCCOCc1ccc(Cl)cc1Cl. The number of guanidine groups is 1. The Morgan fingerprint density at radius 1 is 1.45 bits per heavy atom. The summed E-state index contributed by atoms with van der Waals surface area (Å²) in [6.45, 7) is 7.69. The molecule has 0 fully saturated rings.